The number of methoxy groups -OCH3 is 1. The molecule has 0 aromatic carbocycles. The number of hydrogen-bond acceptors (Lipinski definition) is 4. The molecule has 0 spiro atoms. The minimum atomic E-state index is 0.591. The smallest absolute Gasteiger partial charge is 0.0465 e. The molecule has 4 heteroatoms. The molecule has 3 N–H and O–H groups in total. The third-order valence-electron chi connectivity index (χ3n) is 2.79. The van der Waals surface area contributed by atoms with E-state index in [0.29, 0.717) is 5.92 Å². The number of ether oxygens (including phenoxy) is 1. The molecule has 1 aliphatic heterocycles. The number of nitrogens with zero attached hydrogens (tertiary/aromatic N) is 1. The first-order chi connectivity index (χ1) is 6.86. The molecule has 0 aromatic rings. The molecular weight excluding hydrogens is 178 g/mol. The van der Waals surface area contributed by atoms with Crippen molar-refractivity contribution in [1.29, 1.82) is 0 Å². The van der Waals surface area contributed by atoms with Gasteiger partial charge in [0, 0.05) is 46.4 Å². The zero-order valence-corrected chi connectivity index (χ0v) is 9.17. The number of rotatable bonds is 6. The van der Waals surface area contributed by atoms with Crippen LogP contribution in [0.15, 0.2) is 0 Å². The molecule has 0 bridgehead atoms. The second-order valence-corrected chi connectivity index (χ2v) is 3.93. The Morgan fingerprint density at radius 3 is 2.71 bits per heavy atom. The van der Waals surface area contributed by atoms with Gasteiger partial charge in [-0.2, -0.15) is 0 Å². The fraction of sp³-hybridized carbons (Fsp3) is 1.00. The van der Waals surface area contributed by atoms with Crippen LogP contribution < -0.4 is 11.1 Å². The molecule has 4 nitrogen and oxygen atoms in total. The topological polar surface area (TPSA) is 50.5 Å². The number of nitrogens with two attached hydrogens (primary N) is 1. The van der Waals surface area contributed by atoms with E-state index in [2.05, 4.69) is 10.2 Å². The fourth-order valence-electron chi connectivity index (χ4n) is 1.83. The van der Waals surface area contributed by atoms with Crippen LogP contribution in [-0.2, 0) is 4.74 Å². The molecule has 0 amide bonds. The summed E-state index contributed by atoms with van der Waals surface area (Å²) in [6, 6.07) is 0. The van der Waals surface area contributed by atoms with Gasteiger partial charge in [0.25, 0.3) is 0 Å². The maximum atomic E-state index is 5.73. The monoisotopic (exact) mass is 201 g/mol. The van der Waals surface area contributed by atoms with Crippen LogP contribution in [0.4, 0.5) is 0 Å². The Morgan fingerprint density at radius 1 is 1.43 bits per heavy atom. The van der Waals surface area contributed by atoms with E-state index in [1.54, 1.807) is 7.11 Å². The molecule has 14 heavy (non-hydrogen) atoms. The van der Waals surface area contributed by atoms with Crippen molar-refractivity contribution in [3.8, 4) is 0 Å². The van der Waals surface area contributed by atoms with E-state index in [-0.39, 0.29) is 0 Å². The van der Waals surface area contributed by atoms with Crippen molar-refractivity contribution in [1.82, 2.24) is 10.2 Å². The Morgan fingerprint density at radius 2 is 2.14 bits per heavy atom. The first-order valence-corrected chi connectivity index (χ1v) is 5.49. The lowest BCUT2D eigenvalue weighted by Gasteiger charge is -2.30. The van der Waals surface area contributed by atoms with Gasteiger partial charge in [-0.05, 0) is 18.9 Å². The molecule has 84 valence electrons. The van der Waals surface area contributed by atoms with Gasteiger partial charge in [-0.3, -0.25) is 0 Å². The Kier molecular flexibility index (Phi) is 6.10. The summed E-state index contributed by atoms with van der Waals surface area (Å²) in [4.78, 5) is 2.49. The van der Waals surface area contributed by atoms with E-state index in [4.69, 9.17) is 10.5 Å². The van der Waals surface area contributed by atoms with Crippen molar-refractivity contribution in [2.75, 3.05) is 53.0 Å². The zero-order valence-electron chi connectivity index (χ0n) is 9.17. The van der Waals surface area contributed by atoms with E-state index < -0.39 is 0 Å². The molecule has 1 heterocycles. The van der Waals surface area contributed by atoms with Crippen LogP contribution in [0.2, 0.25) is 0 Å². The van der Waals surface area contributed by atoms with Crippen LogP contribution in [0.5, 0.6) is 0 Å². The second kappa shape index (κ2) is 7.17. The molecule has 1 unspecified atom stereocenters. The van der Waals surface area contributed by atoms with Crippen LogP contribution in [0.25, 0.3) is 0 Å². The summed E-state index contributed by atoms with van der Waals surface area (Å²) in [7, 11) is 1.75. The van der Waals surface area contributed by atoms with E-state index >= 15 is 0 Å². The summed E-state index contributed by atoms with van der Waals surface area (Å²) in [5.74, 6) is 0.591. The lowest BCUT2D eigenvalue weighted by molar-refractivity contribution is 0.152. The third kappa shape index (κ3) is 4.37. The highest BCUT2D eigenvalue weighted by molar-refractivity contribution is 4.72. The molecule has 0 aromatic heterocycles. The largest absolute Gasteiger partial charge is 0.385 e. The SMILES string of the molecule is COCCC(CN)CN1CCNCC1. The molecule has 0 saturated carbocycles. The van der Waals surface area contributed by atoms with Gasteiger partial charge >= 0.3 is 0 Å². The molecule has 1 atom stereocenters. The van der Waals surface area contributed by atoms with Crippen molar-refractivity contribution in [3.05, 3.63) is 0 Å². The highest BCUT2D eigenvalue weighted by Gasteiger charge is 2.14. The summed E-state index contributed by atoms with van der Waals surface area (Å²) < 4.78 is 5.08. The lowest BCUT2D eigenvalue weighted by atomic mass is 10.1. The molecule has 1 rings (SSSR count). The van der Waals surface area contributed by atoms with E-state index in [1.165, 1.54) is 0 Å². The zero-order chi connectivity index (χ0) is 10.2. The van der Waals surface area contributed by atoms with E-state index in [1.807, 2.05) is 0 Å². The normalized spacial score (nSPS) is 21.0. The third-order valence-corrected chi connectivity index (χ3v) is 2.79. The van der Waals surface area contributed by atoms with Crippen molar-refractivity contribution >= 4 is 0 Å². The lowest BCUT2D eigenvalue weighted by Crippen LogP contribution is -2.46. The maximum absolute atomic E-state index is 5.73. The summed E-state index contributed by atoms with van der Waals surface area (Å²) in [6.45, 7) is 7.26. The second-order valence-electron chi connectivity index (χ2n) is 3.93. The van der Waals surface area contributed by atoms with Gasteiger partial charge in [-0.15, -0.1) is 0 Å². The first-order valence-electron chi connectivity index (χ1n) is 5.49. The molecule has 1 saturated heterocycles. The van der Waals surface area contributed by atoms with Crippen LogP contribution in [0.1, 0.15) is 6.42 Å². The molecule has 1 aliphatic rings. The molecular formula is C10H23N3O. The van der Waals surface area contributed by atoms with Gasteiger partial charge in [-0.1, -0.05) is 0 Å². The van der Waals surface area contributed by atoms with Crippen LogP contribution in [0.3, 0.4) is 0 Å². The van der Waals surface area contributed by atoms with Gasteiger partial charge in [0.2, 0.25) is 0 Å². The highest BCUT2D eigenvalue weighted by Crippen LogP contribution is 2.05. The average molecular weight is 201 g/mol. The van der Waals surface area contributed by atoms with Gasteiger partial charge in [-0.25, -0.2) is 0 Å². The van der Waals surface area contributed by atoms with Crippen molar-refractivity contribution in [2.45, 2.75) is 6.42 Å². The summed E-state index contributed by atoms with van der Waals surface area (Å²) in [6.07, 6.45) is 1.08. The first kappa shape index (κ1) is 11.9. The minimum absolute atomic E-state index is 0.591. The molecule has 0 radical (unpaired) electrons. The van der Waals surface area contributed by atoms with Crippen molar-refractivity contribution in [3.63, 3.8) is 0 Å². The standard InChI is InChI=1S/C10H23N3O/c1-14-7-2-10(8-11)9-13-5-3-12-4-6-13/h10,12H,2-9,11H2,1H3. The number of nitrogens with one attached hydrogen (secondary N) is 1. The molecule has 0 aliphatic carbocycles. The predicted molar refractivity (Wildman–Crippen MR) is 58.3 cm³/mol. The Labute approximate surface area is 86.8 Å². The maximum Gasteiger partial charge on any atom is 0.0465 e. The Hall–Kier alpha value is -0.160. The quantitative estimate of drug-likeness (QED) is 0.608. The summed E-state index contributed by atoms with van der Waals surface area (Å²) in [5, 5.41) is 3.35. The van der Waals surface area contributed by atoms with Gasteiger partial charge in [0.05, 0.1) is 0 Å². The van der Waals surface area contributed by atoms with Crippen LogP contribution in [-0.4, -0.2) is 57.9 Å². The number of hydrogen-bond donors (Lipinski definition) is 2. The van der Waals surface area contributed by atoms with E-state index in [0.717, 1.165) is 52.3 Å². The van der Waals surface area contributed by atoms with Gasteiger partial charge in [0.1, 0.15) is 0 Å². The van der Waals surface area contributed by atoms with Gasteiger partial charge < -0.3 is 20.7 Å². The predicted octanol–water partition coefficient (Wildman–Crippen LogP) is -0.497. The van der Waals surface area contributed by atoms with E-state index in [9.17, 15) is 0 Å². The van der Waals surface area contributed by atoms with Gasteiger partial charge in [0.15, 0.2) is 0 Å². The van der Waals surface area contributed by atoms with Crippen molar-refractivity contribution in [2.24, 2.45) is 11.7 Å². The van der Waals surface area contributed by atoms with Crippen LogP contribution in [0, 0.1) is 5.92 Å². The number of piperazine rings is 1. The Balaban J connectivity index is 2.16. The van der Waals surface area contributed by atoms with Crippen LogP contribution >= 0.6 is 0 Å². The fourth-order valence-corrected chi connectivity index (χ4v) is 1.83. The Bertz CT molecular complexity index is 137. The highest BCUT2D eigenvalue weighted by atomic mass is 16.5. The van der Waals surface area contributed by atoms with Crippen molar-refractivity contribution < 1.29 is 4.74 Å². The average Bonchev–Trinajstić information content (AvgIpc) is 2.25. The summed E-state index contributed by atoms with van der Waals surface area (Å²) in [5.41, 5.74) is 5.73. The summed E-state index contributed by atoms with van der Waals surface area (Å²) >= 11 is 0. The molecule has 1 fully saturated rings. The minimum Gasteiger partial charge on any atom is -0.385 e.